The summed E-state index contributed by atoms with van der Waals surface area (Å²) in [6, 6.07) is 7.71. The van der Waals surface area contributed by atoms with Gasteiger partial charge in [0.05, 0.1) is 0 Å². The predicted molar refractivity (Wildman–Crippen MR) is 75.7 cm³/mol. The van der Waals surface area contributed by atoms with Gasteiger partial charge in [-0.3, -0.25) is 5.32 Å². The molecule has 0 unspecified atom stereocenters. The number of aromatic nitrogens is 2. The SMILES string of the molecule is Cc1cccc(NC(=O)NCc2ccnc(OC(F)F)c2)n1. The maximum atomic E-state index is 12.1. The van der Waals surface area contributed by atoms with E-state index in [1.165, 1.54) is 12.3 Å². The minimum absolute atomic E-state index is 0.139. The zero-order valence-corrected chi connectivity index (χ0v) is 11.7. The fraction of sp³-hybridized carbons (Fsp3) is 0.214. The summed E-state index contributed by atoms with van der Waals surface area (Å²) in [6.07, 6.45) is 1.33. The highest BCUT2D eigenvalue weighted by atomic mass is 19.3. The number of anilines is 1. The van der Waals surface area contributed by atoms with Crippen LogP contribution in [0.15, 0.2) is 36.5 Å². The van der Waals surface area contributed by atoms with Gasteiger partial charge < -0.3 is 10.1 Å². The van der Waals surface area contributed by atoms with Crippen LogP contribution in [0.2, 0.25) is 0 Å². The van der Waals surface area contributed by atoms with Crippen molar-refractivity contribution < 1.29 is 18.3 Å². The van der Waals surface area contributed by atoms with Crippen LogP contribution in [-0.4, -0.2) is 22.6 Å². The van der Waals surface area contributed by atoms with Crippen LogP contribution >= 0.6 is 0 Å². The molecule has 0 bridgehead atoms. The van der Waals surface area contributed by atoms with Gasteiger partial charge in [-0.15, -0.1) is 0 Å². The van der Waals surface area contributed by atoms with E-state index in [1.54, 1.807) is 18.2 Å². The molecule has 6 nitrogen and oxygen atoms in total. The summed E-state index contributed by atoms with van der Waals surface area (Å²) in [7, 11) is 0. The van der Waals surface area contributed by atoms with Gasteiger partial charge in [-0.05, 0) is 30.7 Å². The molecule has 0 aliphatic heterocycles. The molecular formula is C14H14F2N4O2. The first-order valence-corrected chi connectivity index (χ1v) is 6.41. The smallest absolute Gasteiger partial charge is 0.388 e. The summed E-state index contributed by atoms with van der Waals surface area (Å²) < 4.78 is 28.4. The van der Waals surface area contributed by atoms with Crippen molar-refractivity contribution in [2.24, 2.45) is 0 Å². The quantitative estimate of drug-likeness (QED) is 0.890. The lowest BCUT2D eigenvalue weighted by Crippen LogP contribution is -2.28. The van der Waals surface area contributed by atoms with Crippen LogP contribution in [0, 0.1) is 6.92 Å². The van der Waals surface area contributed by atoms with Crippen LogP contribution in [0.25, 0.3) is 0 Å². The molecule has 0 aliphatic rings. The van der Waals surface area contributed by atoms with Crippen molar-refractivity contribution in [2.75, 3.05) is 5.32 Å². The Morgan fingerprint density at radius 3 is 2.91 bits per heavy atom. The van der Waals surface area contributed by atoms with Gasteiger partial charge in [-0.2, -0.15) is 8.78 Å². The van der Waals surface area contributed by atoms with E-state index < -0.39 is 12.6 Å². The van der Waals surface area contributed by atoms with Crippen LogP contribution in [-0.2, 0) is 6.54 Å². The Morgan fingerprint density at radius 1 is 1.36 bits per heavy atom. The Kier molecular flexibility index (Phi) is 5.18. The summed E-state index contributed by atoms with van der Waals surface area (Å²) in [5.41, 5.74) is 1.36. The molecule has 2 amide bonds. The number of rotatable bonds is 5. The van der Waals surface area contributed by atoms with Crippen molar-refractivity contribution in [3.63, 3.8) is 0 Å². The van der Waals surface area contributed by atoms with Crippen molar-refractivity contribution in [1.82, 2.24) is 15.3 Å². The van der Waals surface area contributed by atoms with Crippen molar-refractivity contribution in [3.05, 3.63) is 47.8 Å². The van der Waals surface area contributed by atoms with Crippen LogP contribution in [0.3, 0.4) is 0 Å². The van der Waals surface area contributed by atoms with Gasteiger partial charge in [0.25, 0.3) is 0 Å². The molecule has 2 N–H and O–H groups in total. The number of alkyl halides is 2. The van der Waals surface area contributed by atoms with E-state index in [1.807, 2.05) is 13.0 Å². The maximum absolute atomic E-state index is 12.1. The second-order valence-corrected chi connectivity index (χ2v) is 4.35. The van der Waals surface area contributed by atoms with Gasteiger partial charge in [-0.1, -0.05) is 6.07 Å². The molecule has 2 aromatic rings. The largest absolute Gasteiger partial charge is 0.417 e. The second-order valence-electron chi connectivity index (χ2n) is 4.35. The van der Waals surface area contributed by atoms with Crippen LogP contribution in [0.5, 0.6) is 5.88 Å². The molecule has 0 radical (unpaired) electrons. The number of halogens is 2. The topological polar surface area (TPSA) is 76.1 Å². The Balaban J connectivity index is 1.88. The van der Waals surface area contributed by atoms with Crippen molar-refractivity contribution >= 4 is 11.8 Å². The second kappa shape index (κ2) is 7.30. The number of carbonyl (C=O) groups excluding carboxylic acids is 1. The van der Waals surface area contributed by atoms with E-state index >= 15 is 0 Å². The van der Waals surface area contributed by atoms with E-state index in [4.69, 9.17) is 0 Å². The lowest BCUT2D eigenvalue weighted by Gasteiger charge is -2.08. The van der Waals surface area contributed by atoms with Gasteiger partial charge in [0.15, 0.2) is 0 Å². The molecule has 8 heteroatoms. The molecular weight excluding hydrogens is 294 g/mol. The Hall–Kier alpha value is -2.77. The third-order valence-electron chi connectivity index (χ3n) is 2.59. The fourth-order valence-corrected chi connectivity index (χ4v) is 1.67. The number of hydrogen-bond acceptors (Lipinski definition) is 4. The normalized spacial score (nSPS) is 10.4. The first-order valence-electron chi connectivity index (χ1n) is 6.41. The molecule has 0 aliphatic carbocycles. The van der Waals surface area contributed by atoms with Gasteiger partial charge in [0.2, 0.25) is 5.88 Å². The summed E-state index contributed by atoms with van der Waals surface area (Å²) in [5, 5.41) is 5.16. The molecule has 116 valence electrons. The molecule has 2 aromatic heterocycles. The van der Waals surface area contributed by atoms with E-state index in [0.717, 1.165) is 5.69 Å². The van der Waals surface area contributed by atoms with Gasteiger partial charge in [-0.25, -0.2) is 14.8 Å². The third kappa shape index (κ3) is 4.97. The highest BCUT2D eigenvalue weighted by Crippen LogP contribution is 2.12. The van der Waals surface area contributed by atoms with E-state index in [-0.39, 0.29) is 12.4 Å². The first-order chi connectivity index (χ1) is 10.5. The molecule has 0 saturated heterocycles. The number of ether oxygens (including phenoxy) is 1. The minimum Gasteiger partial charge on any atom is -0.417 e. The molecule has 0 saturated carbocycles. The number of nitrogens with one attached hydrogen (secondary N) is 2. The number of amides is 2. The van der Waals surface area contributed by atoms with Gasteiger partial charge >= 0.3 is 12.6 Å². The number of carbonyl (C=O) groups is 1. The van der Waals surface area contributed by atoms with Crippen molar-refractivity contribution in [2.45, 2.75) is 20.1 Å². The average Bonchev–Trinajstić information content (AvgIpc) is 2.45. The molecule has 0 aromatic carbocycles. The Morgan fingerprint density at radius 2 is 2.18 bits per heavy atom. The van der Waals surface area contributed by atoms with E-state index in [0.29, 0.717) is 11.4 Å². The lowest BCUT2D eigenvalue weighted by atomic mass is 10.2. The summed E-state index contributed by atoms with van der Waals surface area (Å²) in [6.45, 7) is -0.990. The summed E-state index contributed by atoms with van der Waals surface area (Å²) in [5.74, 6) is 0.226. The Bertz CT molecular complexity index is 652. The highest BCUT2D eigenvalue weighted by molar-refractivity contribution is 5.88. The molecule has 0 fully saturated rings. The standard InChI is InChI=1S/C14H14F2N4O2/c1-9-3-2-4-11(19-9)20-14(21)18-8-10-5-6-17-12(7-10)22-13(15)16/h2-7,13H,8H2,1H3,(H2,18,19,20,21). The average molecular weight is 308 g/mol. The number of nitrogens with zero attached hydrogens (tertiary/aromatic N) is 2. The van der Waals surface area contributed by atoms with Crippen molar-refractivity contribution in [1.29, 1.82) is 0 Å². The number of pyridine rings is 2. The molecule has 0 atom stereocenters. The zero-order chi connectivity index (χ0) is 15.9. The van der Waals surface area contributed by atoms with Crippen LogP contribution in [0.4, 0.5) is 19.4 Å². The minimum atomic E-state index is -2.94. The van der Waals surface area contributed by atoms with E-state index in [2.05, 4.69) is 25.3 Å². The van der Waals surface area contributed by atoms with Gasteiger partial charge in [0.1, 0.15) is 5.82 Å². The lowest BCUT2D eigenvalue weighted by molar-refractivity contribution is -0.0528. The predicted octanol–water partition coefficient (Wildman–Crippen LogP) is 2.71. The van der Waals surface area contributed by atoms with Gasteiger partial charge in [0, 0.05) is 24.5 Å². The maximum Gasteiger partial charge on any atom is 0.388 e. The zero-order valence-electron chi connectivity index (χ0n) is 11.7. The van der Waals surface area contributed by atoms with Crippen molar-refractivity contribution in [3.8, 4) is 5.88 Å². The number of aryl methyl sites for hydroxylation is 1. The fourth-order valence-electron chi connectivity index (χ4n) is 1.67. The van der Waals surface area contributed by atoms with Crippen LogP contribution < -0.4 is 15.4 Å². The summed E-state index contributed by atoms with van der Waals surface area (Å²) >= 11 is 0. The monoisotopic (exact) mass is 308 g/mol. The molecule has 0 spiro atoms. The molecule has 22 heavy (non-hydrogen) atoms. The number of hydrogen-bond donors (Lipinski definition) is 2. The third-order valence-corrected chi connectivity index (χ3v) is 2.59. The molecule has 2 rings (SSSR count). The summed E-state index contributed by atoms with van der Waals surface area (Å²) in [4.78, 5) is 19.5. The molecule has 2 heterocycles. The Labute approximate surface area is 125 Å². The number of urea groups is 1. The highest BCUT2D eigenvalue weighted by Gasteiger charge is 2.07. The first kappa shape index (κ1) is 15.6. The van der Waals surface area contributed by atoms with E-state index in [9.17, 15) is 13.6 Å². The van der Waals surface area contributed by atoms with Crippen LogP contribution in [0.1, 0.15) is 11.3 Å².